The summed E-state index contributed by atoms with van der Waals surface area (Å²) in [5.74, 6) is -0.674. The third kappa shape index (κ3) is 5.74. The van der Waals surface area contributed by atoms with Crippen LogP contribution in [0.15, 0.2) is 107 Å². The molecule has 1 atom stereocenters. The molecule has 1 amide bonds. The highest BCUT2D eigenvalue weighted by Crippen LogP contribution is 2.30. The Morgan fingerprint density at radius 3 is 2.47 bits per heavy atom. The Morgan fingerprint density at radius 2 is 1.74 bits per heavy atom. The molecule has 3 aromatic heterocycles. The van der Waals surface area contributed by atoms with Crippen LogP contribution >= 0.6 is 27.5 Å². The van der Waals surface area contributed by atoms with E-state index in [1.54, 1.807) is 61.7 Å². The number of halogens is 2. The second-order valence-corrected chi connectivity index (χ2v) is 12.6. The molecule has 0 spiro atoms. The van der Waals surface area contributed by atoms with Gasteiger partial charge in [-0.3, -0.25) is 18.7 Å². The summed E-state index contributed by atoms with van der Waals surface area (Å²) in [6.45, 7) is 2.61. The van der Waals surface area contributed by atoms with E-state index in [2.05, 4.69) is 31.1 Å². The van der Waals surface area contributed by atoms with Gasteiger partial charge in [0.25, 0.3) is 5.91 Å². The first-order valence-electron chi connectivity index (χ1n) is 15.0. The fraction of sp³-hybridized carbons (Fsp3) is 0.176. The van der Waals surface area contributed by atoms with E-state index >= 15 is 0 Å². The zero-order valence-electron chi connectivity index (χ0n) is 25.2. The van der Waals surface area contributed by atoms with Gasteiger partial charge in [0.05, 0.1) is 34.3 Å². The Kier molecular flexibility index (Phi) is 8.21. The fourth-order valence-electron chi connectivity index (χ4n) is 6.08. The van der Waals surface area contributed by atoms with Crippen LogP contribution in [0.2, 0.25) is 5.02 Å². The molecule has 0 aliphatic carbocycles. The molecule has 0 bridgehead atoms. The average molecular weight is 712 g/mol. The van der Waals surface area contributed by atoms with Crippen LogP contribution in [-0.4, -0.2) is 56.8 Å². The third-order valence-electron chi connectivity index (χ3n) is 8.40. The van der Waals surface area contributed by atoms with E-state index in [9.17, 15) is 14.4 Å². The van der Waals surface area contributed by atoms with E-state index in [1.165, 1.54) is 10.9 Å². The lowest BCUT2D eigenvalue weighted by atomic mass is 9.92. The van der Waals surface area contributed by atoms with Gasteiger partial charge in [-0.25, -0.2) is 19.1 Å². The standard InChI is InChI=1S/C34H28BrClN8O3/c1-22(26-5-2-3-6-29(26)43-21-37-20-39-43)17-31(45)32-30-19-40(33(46)23-7-12-27(35)28(36)18-23)15-16-41(30)34(47)44(32)25-10-8-24(9-11-25)42-14-4-13-38-42/h2-14,18,20-22H,15-17,19H2,1H3/t22-/m1/s1. The highest BCUT2D eigenvalue weighted by atomic mass is 79.9. The van der Waals surface area contributed by atoms with Crippen LogP contribution in [0.25, 0.3) is 17.1 Å². The van der Waals surface area contributed by atoms with Gasteiger partial charge in [0, 0.05) is 41.9 Å². The van der Waals surface area contributed by atoms with Crippen LogP contribution in [0.1, 0.15) is 51.4 Å². The maximum atomic E-state index is 14.4. The van der Waals surface area contributed by atoms with Crippen molar-refractivity contribution in [3.05, 3.63) is 140 Å². The first kappa shape index (κ1) is 30.6. The number of aromatic nitrogens is 7. The maximum absolute atomic E-state index is 14.4. The SMILES string of the molecule is C[C@H](CC(=O)c1c2n(c(=O)n1-c1ccc(-n3cccn3)cc1)CCN(C(=O)c1ccc(Br)c(Cl)c1)C2)c1ccccc1-n1cncn1. The highest BCUT2D eigenvalue weighted by molar-refractivity contribution is 9.10. The molecule has 0 unspecified atom stereocenters. The minimum absolute atomic E-state index is 0.0884. The number of hydrogen-bond acceptors (Lipinski definition) is 6. The maximum Gasteiger partial charge on any atom is 0.333 e. The number of carbonyl (C=O) groups is 2. The Labute approximate surface area is 282 Å². The van der Waals surface area contributed by atoms with Gasteiger partial charge in [-0.15, -0.1) is 0 Å². The number of Topliss-reactive ketones (excluding diaryl/α,β-unsaturated/α-hetero) is 1. The number of imidazole rings is 1. The summed E-state index contributed by atoms with van der Waals surface area (Å²) in [4.78, 5) is 47.9. The molecular weight excluding hydrogens is 684 g/mol. The molecule has 0 radical (unpaired) electrons. The number of benzene rings is 3. The van der Waals surface area contributed by atoms with Gasteiger partial charge >= 0.3 is 5.69 Å². The molecule has 0 saturated heterocycles. The van der Waals surface area contributed by atoms with Crippen LogP contribution in [0.5, 0.6) is 0 Å². The molecule has 0 N–H and O–H groups in total. The average Bonchev–Trinajstić information content (AvgIpc) is 3.88. The van der Waals surface area contributed by atoms with E-state index < -0.39 is 0 Å². The molecule has 7 rings (SSSR count). The Hall–Kier alpha value is -5.07. The fourth-order valence-corrected chi connectivity index (χ4v) is 6.50. The van der Waals surface area contributed by atoms with E-state index in [0.29, 0.717) is 33.0 Å². The van der Waals surface area contributed by atoms with Crippen molar-refractivity contribution in [3.63, 3.8) is 0 Å². The minimum Gasteiger partial charge on any atom is -0.331 e. The van der Waals surface area contributed by atoms with Crippen molar-refractivity contribution >= 4 is 39.2 Å². The quantitative estimate of drug-likeness (QED) is 0.183. The normalized spacial score (nSPS) is 13.4. The Bertz CT molecular complexity index is 2150. The van der Waals surface area contributed by atoms with Gasteiger partial charge in [-0.1, -0.05) is 36.7 Å². The summed E-state index contributed by atoms with van der Waals surface area (Å²) in [5, 5.41) is 8.99. The van der Waals surface area contributed by atoms with E-state index in [-0.39, 0.29) is 48.5 Å². The molecule has 3 aromatic carbocycles. The molecular formula is C34H28BrClN8O3. The van der Waals surface area contributed by atoms with E-state index in [1.807, 2.05) is 55.6 Å². The monoisotopic (exact) mass is 710 g/mol. The van der Waals surface area contributed by atoms with Crippen LogP contribution in [0, 0.1) is 0 Å². The molecule has 0 saturated carbocycles. The van der Waals surface area contributed by atoms with Gasteiger partial charge in [0.2, 0.25) is 0 Å². The molecule has 6 aromatic rings. The van der Waals surface area contributed by atoms with Crippen LogP contribution in [0.3, 0.4) is 0 Å². The predicted octanol–water partition coefficient (Wildman–Crippen LogP) is 5.85. The number of hydrogen-bond donors (Lipinski definition) is 0. The summed E-state index contributed by atoms with van der Waals surface area (Å²) in [7, 11) is 0. The van der Waals surface area contributed by atoms with Crippen molar-refractivity contribution in [1.82, 2.24) is 38.6 Å². The third-order valence-corrected chi connectivity index (χ3v) is 9.63. The zero-order valence-corrected chi connectivity index (χ0v) is 27.5. The lowest BCUT2D eigenvalue weighted by Gasteiger charge is -2.28. The van der Waals surface area contributed by atoms with Gasteiger partial charge in [0.15, 0.2) is 5.78 Å². The second kappa shape index (κ2) is 12.6. The Morgan fingerprint density at radius 1 is 0.957 bits per heavy atom. The van der Waals surface area contributed by atoms with Crippen LogP contribution in [-0.2, 0) is 13.1 Å². The summed E-state index contributed by atoms with van der Waals surface area (Å²) in [6, 6.07) is 21.9. The number of para-hydroxylation sites is 1. The molecule has 0 fully saturated rings. The largest absolute Gasteiger partial charge is 0.333 e. The summed E-state index contributed by atoms with van der Waals surface area (Å²) in [5.41, 5.74) is 3.95. The zero-order chi connectivity index (χ0) is 32.7. The van der Waals surface area contributed by atoms with Crippen LogP contribution < -0.4 is 5.69 Å². The van der Waals surface area contributed by atoms with Gasteiger partial charge in [-0.2, -0.15) is 10.2 Å². The number of nitrogens with zero attached hydrogens (tertiary/aromatic N) is 8. The highest BCUT2D eigenvalue weighted by Gasteiger charge is 2.33. The number of rotatable bonds is 8. The van der Waals surface area contributed by atoms with Crippen molar-refractivity contribution in [2.45, 2.75) is 32.4 Å². The molecule has 47 heavy (non-hydrogen) atoms. The summed E-state index contributed by atoms with van der Waals surface area (Å²) >= 11 is 9.67. The first-order chi connectivity index (χ1) is 22.8. The molecule has 236 valence electrons. The van der Waals surface area contributed by atoms with Crippen molar-refractivity contribution in [1.29, 1.82) is 0 Å². The molecule has 11 nitrogen and oxygen atoms in total. The number of amides is 1. The topological polar surface area (TPSA) is 113 Å². The second-order valence-electron chi connectivity index (χ2n) is 11.3. The lowest BCUT2D eigenvalue weighted by molar-refractivity contribution is 0.0706. The van der Waals surface area contributed by atoms with Crippen LogP contribution in [0.4, 0.5) is 0 Å². The van der Waals surface area contributed by atoms with Crippen molar-refractivity contribution in [3.8, 4) is 17.1 Å². The molecule has 1 aliphatic rings. The van der Waals surface area contributed by atoms with Gasteiger partial charge in [0.1, 0.15) is 18.3 Å². The molecule has 4 heterocycles. The number of fused-ring (bicyclic) bond motifs is 1. The van der Waals surface area contributed by atoms with E-state index in [4.69, 9.17) is 11.6 Å². The first-order valence-corrected chi connectivity index (χ1v) is 16.1. The van der Waals surface area contributed by atoms with Gasteiger partial charge < -0.3 is 4.90 Å². The van der Waals surface area contributed by atoms with Crippen molar-refractivity contribution < 1.29 is 9.59 Å². The van der Waals surface area contributed by atoms with E-state index in [0.717, 1.165) is 16.9 Å². The number of carbonyl (C=O) groups excluding carboxylic acids is 2. The van der Waals surface area contributed by atoms with Crippen molar-refractivity contribution in [2.24, 2.45) is 0 Å². The summed E-state index contributed by atoms with van der Waals surface area (Å²) in [6.07, 6.45) is 6.71. The van der Waals surface area contributed by atoms with Crippen molar-refractivity contribution in [2.75, 3.05) is 6.54 Å². The molecule has 1 aliphatic heterocycles. The predicted molar refractivity (Wildman–Crippen MR) is 180 cm³/mol. The minimum atomic E-state index is -0.329. The van der Waals surface area contributed by atoms with Gasteiger partial charge in [-0.05, 0) is 82.0 Å². The number of ketones is 1. The lowest BCUT2D eigenvalue weighted by Crippen LogP contribution is -2.41. The Balaban J connectivity index is 1.28. The molecule has 13 heteroatoms. The summed E-state index contributed by atoms with van der Waals surface area (Å²) < 4.78 is 7.17. The smallest absolute Gasteiger partial charge is 0.331 e.